The summed E-state index contributed by atoms with van der Waals surface area (Å²) in [5.41, 5.74) is 2.15. The maximum atomic E-state index is 11.8. The van der Waals surface area contributed by atoms with Gasteiger partial charge in [-0.2, -0.15) is 0 Å². The standard InChI is InChI=1S/C14H11IN2O2S/c1-20(18,19)12-7-3-6-11-13(12)17-14(16-11)9-4-2-5-10(15)8-9/h2-8H,1H3,(H,16,17). The molecular weight excluding hydrogens is 387 g/mol. The minimum absolute atomic E-state index is 0.253. The van der Waals surface area contributed by atoms with E-state index in [0.29, 0.717) is 11.3 Å². The lowest BCUT2D eigenvalue weighted by Gasteiger charge is -1.97. The summed E-state index contributed by atoms with van der Waals surface area (Å²) in [6.07, 6.45) is 1.20. The number of hydrogen-bond acceptors (Lipinski definition) is 3. The molecule has 0 saturated carbocycles. The molecule has 2 aromatic carbocycles. The molecule has 6 heteroatoms. The summed E-state index contributed by atoms with van der Waals surface area (Å²) in [5.74, 6) is 0.676. The average molecular weight is 398 g/mol. The van der Waals surface area contributed by atoms with E-state index in [-0.39, 0.29) is 4.90 Å². The highest BCUT2D eigenvalue weighted by atomic mass is 127. The predicted molar refractivity (Wildman–Crippen MR) is 87.4 cm³/mol. The molecule has 102 valence electrons. The zero-order valence-electron chi connectivity index (χ0n) is 10.6. The Labute approximate surface area is 130 Å². The third-order valence-electron chi connectivity index (χ3n) is 2.97. The van der Waals surface area contributed by atoms with Gasteiger partial charge in [0.25, 0.3) is 0 Å². The molecule has 0 saturated heterocycles. The van der Waals surface area contributed by atoms with Crippen molar-refractivity contribution < 1.29 is 8.42 Å². The highest BCUT2D eigenvalue weighted by molar-refractivity contribution is 14.1. The lowest BCUT2D eigenvalue weighted by Crippen LogP contribution is -1.97. The zero-order valence-corrected chi connectivity index (χ0v) is 13.6. The van der Waals surface area contributed by atoms with Gasteiger partial charge in [0.1, 0.15) is 11.3 Å². The second-order valence-electron chi connectivity index (χ2n) is 4.52. The normalized spacial score (nSPS) is 11.9. The molecule has 1 heterocycles. The highest BCUT2D eigenvalue weighted by Gasteiger charge is 2.15. The van der Waals surface area contributed by atoms with Gasteiger partial charge in [-0.15, -0.1) is 0 Å². The van der Waals surface area contributed by atoms with Crippen molar-refractivity contribution >= 4 is 43.5 Å². The molecule has 1 N–H and O–H groups in total. The number of fused-ring (bicyclic) bond motifs is 1. The quantitative estimate of drug-likeness (QED) is 0.675. The van der Waals surface area contributed by atoms with Crippen LogP contribution in [0, 0.1) is 3.57 Å². The van der Waals surface area contributed by atoms with E-state index >= 15 is 0 Å². The summed E-state index contributed by atoms with van der Waals surface area (Å²) in [4.78, 5) is 7.88. The Bertz CT molecular complexity index is 900. The molecule has 1 aromatic heterocycles. The largest absolute Gasteiger partial charge is 0.338 e. The summed E-state index contributed by atoms with van der Waals surface area (Å²) in [6.45, 7) is 0. The van der Waals surface area contributed by atoms with Gasteiger partial charge in [0.15, 0.2) is 9.84 Å². The number of halogens is 1. The third kappa shape index (κ3) is 2.45. The Hall–Kier alpha value is -1.41. The number of imidazole rings is 1. The van der Waals surface area contributed by atoms with E-state index in [9.17, 15) is 8.42 Å². The van der Waals surface area contributed by atoms with Gasteiger partial charge >= 0.3 is 0 Å². The van der Waals surface area contributed by atoms with Crippen LogP contribution >= 0.6 is 22.6 Å². The minimum atomic E-state index is -3.29. The van der Waals surface area contributed by atoms with Crippen LogP contribution < -0.4 is 0 Å². The van der Waals surface area contributed by atoms with E-state index in [4.69, 9.17) is 0 Å². The van der Waals surface area contributed by atoms with Crippen LogP contribution in [0.2, 0.25) is 0 Å². The molecule has 3 rings (SSSR count). The zero-order chi connectivity index (χ0) is 14.3. The first-order chi connectivity index (χ1) is 9.45. The molecule has 4 nitrogen and oxygen atoms in total. The fraction of sp³-hybridized carbons (Fsp3) is 0.0714. The molecule has 0 unspecified atom stereocenters. The van der Waals surface area contributed by atoms with Gasteiger partial charge in [-0.05, 0) is 46.9 Å². The molecule has 0 amide bonds. The summed E-state index contributed by atoms with van der Waals surface area (Å²) in [6, 6.07) is 13.0. The fourth-order valence-corrected chi connectivity index (χ4v) is 3.45. The van der Waals surface area contributed by atoms with Gasteiger partial charge in [0.2, 0.25) is 0 Å². The number of benzene rings is 2. The maximum Gasteiger partial charge on any atom is 0.177 e. The van der Waals surface area contributed by atoms with E-state index < -0.39 is 9.84 Å². The molecule has 0 aliphatic rings. The predicted octanol–water partition coefficient (Wildman–Crippen LogP) is 3.24. The first-order valence-electron chi connectivity index (χ1n) is 5.90. The van der Waals surface area contributed by atoms with Crippen LogP contribution in [0.25, 0.3) is 22.4 Å². The molecule has 0 radical (unpaired) electrons. The van der Waals surface area contributed by atoms with Crippen LogP contribution in [0.3, 0.4) is 0 Å². The van der Waals surface area contributed by atoms with Crippen molar-refractivity contribution in [1.29, 1.82) is 0 Å². The topological polar surface area (TPSA) is 62.8 Å². The lowest BCUT2D eigenvalue weighted by atomic mass is 10.2. The Kier molecular flexibility index (Phi) is 3.29. The smallest absolute Gasteiger partial charge is 0.177 e. The van der Waals surface area contributed by atoms with Crippen molar-refractivity contribution in [2.24, 2.45) is 0 Å². The van der Waals surface area contributed by atoms with Crippen LogP contribution in [0.4, 0.5) is 0 Å². The third-order valence-corrected chi connectivity index (χ3v) is 4.77. The van der Waals surface area contributed by atoms with Crippen molar-refractivity contribution in [3.63, 3.8) is 0 Å². The number of aromatic amines is 1. The van der Waals surface area contributed by atoms with Gasteiger partial charge < -0.3 is 4.98 Å². The first-order valence-corrected chi connectivity index (χ1v) is 8.87. The molecule has 0 bridgehead atoms. The van der Waals surface area contributed by atoms with E-state index in [1.54, 1.807) is 12.1 Å². The Morgan fingerprint density at radius 2 is 1.90 bits per heavy atom. The molecule has 0 fully saturated rings. The molecular formula is C14H11IN2O2S. The number of rotatable bonds is 2. The van der Waals surface area contributed by atoms with Crippen LogP contribution in [-0.2, 0) is 9.84 Å². The molecule has 0 aliphatic carbocycles. The number of aromatic nitrogens is 2. The maximum absolute atomic E-state index is 11.8. The van der Waals surface area contributed by atoms with Gasteiger partial charge in [-0.3, -0.25) is 0 Å². The van der Waals surface area contributed by atoms with Crippen molar-refractivity contribution in [2.45, 2.75) is 4.90 Å². The Morgan fingerprint density at radius 3 is 2.60 bits per heavy atom. The van der Waals surface area contributed by atoms with Crippen molar-refractivity contribution in [2.75, 3.05) is 6.26 Å². The minimum Gasteiger partial charge on any atom is -0.338 e. The number of sulfone groups is 1. The van der Waals surface area contributed by atoms with E-state index in [1.165, 1.54) is 6.26 Å². The Morgan fingerprint density at radius 1 is 1.15 bits per heavy atom. The van der Waals surface area contributed by atoms with Gasteiger partial charge in [-0.25, -0.2) is 13.4 Å². The van der Waals surface area contributed by atoms with E-state index in [0.717, 1.165) is 14.7 Å². The van der Waals surface area contributed by atoms with Gasteiger partial charge in [0, 0.05) is 15.4 Å². The van der Waals surface area contributed by atoms with Crippen LogP contribution in [0.5, 0.6) is 0 Å². The Balaban J connectivity index is 2.26. The summed E-state index contributed by atoms with van der Waals surface area (Å²) in [7, 11) is -3.29. The number of H-pyrrole nitrogens is 1. The average Bonchev–Trinajstić information content (AvgIpc) is 2.81. The summed E-state index contributed by atoms with van der Waals surface area (Å²) >= 11 is 2.23. The first kappa shape index (κ1) is 13.6. The van der Waals surface area contributed by atoms with Crippen LogP contribution in [0.15, 0.2) is 47.4 Å². The van der Waals surface area contributed by atoms with Crippen LogP contribution in [-0.4, -0.2) is 24.6 Å². The SMILES string of the molecule is CS(=O)(=O)c1cccc2[nH]c(-c3cccc(I)c3)nc12. The molecule has 0 atom stereocenters. The summed E-state index contributed by atoms with van der Waals surface area (Å²) < 4.78 is 24.7. The number of nitrogens with zero attached hydrogens (tertiary/aromatic N) is 1. The van der Waals surface area contributed by atoms with Crippen LogP contribution in [0.1, 0.15) is 0 Å². The molecule has 20 heavy (non-hydrogen) atoms. The number of para-hydroxylation sites is 1. The monoisotopic (exact) mass is 398 g/mol. The number of nitrogens with one attached hydrogen (secondary N) is 1. The van der Waals surface area contributed by atoms with E-state index in [1.807, 2.05) is 30.3 Å². The number of hydrogen-bond donors (Lipinski definition) is 1. The molecule has 0 aliphatic heterocycles. The van der Waals surface area contributed by atoms with E-state index in [2.05, 4.69) is 32.6 Å². The van der Waals surface area contributed by atoms with Crippen molar-refractivity contribution in [3.05, 3.63) is 46.0 Å². The van der Waals surface area contributed by atoms with Crippen molar-refractivity contribution in [3.8, 4) is 11.4 Å². The highest BCUT2D eigenvalue weighted by Crippen LogP contribution is 2.26. The second kappa shape index (κ2) is 4.85. The molecule has 3 aromatic rings. The lowest BCUT2D eigenvalue weighted by molar-refractivity contribution is 0.602. The van der Waals surface area contributed by atoms with Crippen molar-refractivity contribution in [1.82, 2.24) is 9.97 Å². The van der Waals surface area contributed by atoms with Gasteiger partial charge in [-0.1, -0.05) is 18.2 Å². The molecule has 0 spiro atoms. The summed E-state index contributed by atoms with van der Waals surface area (Å²) in [5, 5.41) is 0. The fourth-order valence-electron chi connectivity index (χ4n) is 2.08. The second-order valence-corrected chi connectivity index (χ2v) is 7.75. The van der Waals surface area contributed by atoms with Gasteiger partial charge in [0.05, 0.1) is 10.4 Å².